The molecule has 4 rings (SSSR count). The number of aryl methyl sites for hydroxylation is 2. The highest BCUT2D eigenvalue weighted by Crippen LogP contribution is 2.23. The van der Waals surface area contributed by atoms with Gasteiger partial charge in [0.25, 0.3) is 5.91 Å². The van der Waals surface area contributed by atoms with Crippen LogP contribution in [-0.4, -0.2) is 32.2 Å². The molecule has 0 radical (unpaired) electrons. The lowest BCUT2D eigenvalue weighted by Crippen LogP contribution is -2.12. The van der Waals surface area contributed by atoms with Crippen molar-refractivity contribution in [3.8, 4) is 17.1 Å². The van der Waals surface area contributed by atoms with Crippen LogP contribution in [0, 0.1) is 6.92 Å². The number of nitrogens with zero attached hydrogens (tertiary/aromatic N) is 4. The Bertz CT molecular complexity index is 1130. The highest BCUT2D eigenvalue weighted by atomic mass is 16.5. The van der Waals surface area contributed by atoms with Crippen LogP contribution in [-0.2, 0) is 7.05 Å². The molecule has 7 heteroatoms. The van der Waals surface area contributed by atoms with Crippen molar-refractivity contribution < 1.29 is 9.53 Å². The van der Waals surface area contributed by atoms with Gasteiger partial charge in [-0.1, -0.05) is 18.2 Å². The first kappa shape index (κ1) is 16.8. The average Bonchev–Trinajstić information content (AvgIpc) is 3.26. The van der Waals surface area contributed by atoms with Gasteiger partial charge in [-0.25, -0.2) is 4.98 Å². The minimum absolute atomic E-state index is 0.268. The van der Waals surface area contributed by atoms with E-state index >= 15 is 0 Å². The molecule has 0 bridgehead atoms. The number of ether oxygens (including phenoxy) is 1. The number of imidazole rings is 1. The molecule has 3 heterocycles. The van der Waals surface area contributed by atoms with Gasteiger partial charge in [0, 0.05) is 36.9 Å². The van der Waals surface area contributed by atoms with E-state index in [1.807, 2.05) is 60.1 Å². The van der Waals surface area contributed by atoms with E-state index in [0.29, 0.717) is 17.1 Å². The maximum absolute atomic E-state index is 12.5. The Hall–Kier alpha value is -3.61. The fourth-order valence-electron chi connectivity index (χ4n) is 2.99. The lowest BCUT2D eigenvalue weighted by Gasteiger charge is -2.05. The second kappa shape index (κ2) is 6.60. The van der Waals surface area contributed by atoms with Crippen LogP contribution < -0.4 is 10.1 Å². The molecule has 1 amide bonds. The van der Waals surface area contributed by atoms with Crippen LogP contribution in [0.15, 0.2) is 55.0 Å². The number of rotatable bonds is 4. The molecule has 1 aromatic carbocycles. The van der Waals surface area contributed by atoms with Crippen molar-refractivity contribution >= 4 is 17.2 Å². The Morgan fingerprint density at radius 2 is 1.93 bits per heavy atom. The molecule has 0 fully saturated rings. The van der Waals surface area contributed by atoms with Crippen molar-refractivity contribution in [2.75, 3.05) is 12.4 Å². The molecule has 4 aromatic rings. The number of methoxy groups -OCH3 is 1. The van der Waals surface area contributed by atoms with E-state index < -0.39 is 0 Å². The Labute approximate surface area is 156 Å². The third-order valence-corrected chi connectivity index (χ3v) is 4.35. The summed E-state index contributed by atoms with van der Waals surface area (Å²) in [6, 6.07) is 11.6. The highest BCUT2D eigenvalue weighted by molar-refractivity contribution is 6.05. The summed E-state index contributed by atoms with van der Waals surface area (Å²) in [5, 5.41) is 6.96. The van der Waals surface area contributed by atoms with Gasteiger partial charge in [-0.3, -0.25) is 9.48 Å². The number of carbonyl (C=O) groups excluding carboxylic acids is 1. The van der Waals surface area contributed by atoms with E-state index in [4.69, 9.17) is 9.72 Å². The minimum Gasteiger partial charge on any atom is -0.479 e. The van der Waals surface area contributed by atoms with Gasteiger partial charge in [-0.05, 0) is 30.7 Å². The molecule has 0 atom stereocenters. The van der Waals surface area contributed by atoms with Gasteiger partial charge in [-0.15, -0.1) is 5.10 Å². The van der Waals surface area contributed by atoms with Gasteiger partial charge < -0.3 is 14.5 Å². The molecule has 0 saturated heterocycles. The SMILES string of the molecule is COc1nn(C)cc1C(=O)Nc1ccc(-c2cn3cccc(C)c3n2)cc1. The zero-order valence-electron chi connectivity index (χ0n) is 15.3. The van der Waals surface area contributed by atoms with E-state index in [2.05, 4.69) is 10.4 Å². The monoisotopic (exact) mass is 361 g/mol. The molecule has 0 spiro atoms. The van der Waals surface area contributed by atoms with Crippen molar-refractivity contribution in [3.05, 3.63) is 66.1 Å². The second-order valence-corrected chi connectivity index (χ2v) is 6.31. The number of hydrogen-bond acceptors (Lipinski definition) is 4. The van der Waals surface area contributed by atoms with E-state index in [1.54, 1.807) is 17.9 Å². The number of pyridine rings is 1. The summed E-state index contributed by atoms with van der Waals surface area (Å²) in [5.74, 6) is 0.0303. The molecular formula is C20H19N5O2. The van der Waals surface area contributed by atoms with Crippen LogP contribution in [0.1, 0.15) is 15.9 Å². The quantitative estimate of drug-likeness (QED) is 0.605. The van der Waals surface area contributed by atoms with Gasteiger partial charge in [0.2, 0.25) is 5.88 Å². The molecule has 27 heavy (non-hydrogen) atoms. The van der Waals surface area contributed by atoms with Crippen LogP contribution in [0.5, 0.6) is 5.88 Å². The normalized spacial score (nSPS) is 10.9. The van der Waals surface area contributed by atoms with Crippen molar-refractivity contribution in [1.29, 1.82) is 0 Å². The van der Waals surface area contributed by atoms with Gasteiger partial charge in [-0.2, -0.15) is 0 Å². The summed E-state index contributed by atoms with van der Waals surface area (Å²) >= 11 is 0. The number of nitrogens with one attached hydrogen (secondary N) is 1. The Balaban J connectivity index is 1.56. The van der Waals surface area contributed by atoms with Gasteiger partial charge in [0.05, 0.1) is 12.8 Å². The van der Waals surface area contributed by atoms with Crippen molar-refractivity contribution in [3.63, 3.8) is 0 Å². The second-order valence-electron chi connectivity index (χ2n) is 6.31. The molecule has 0 aliphatic carbocycles. The lowest BCUT2D eigenvalue weighted by molar-refractivity contribution is 0.102. The fraction of sp³-hybridized carbons (Fsp3) is 0.150. The molecule has 1 N–H and O–H groups in total. The molecule has 0 aliphatic rings. The number of benzene rings is 1. The van der Waals surface area contributed by atoms with Gasteiger partial charge in [0.1, 0.15) is 11.2 Å². The van der Waals surface area contributed by atoms with Crippen LogP contribution in [0.4, 0.5) is 5.69 Å². The molecule has 0 aliphatic heterocycles. The molecule has 136 valence electrons. The van der Waals surface area contributed by atoms with E-state index in [-0.39, 0.29) is 5.91 Å². The van der Waals surface area contributed by atoms with Crippen LogP contribution in [0.25, 0.3) is 16.9 Å². The average molecular weight is 361 g/mol. The van der Waals surface area contributed by atoms with Gasteiger partial charge in [0.15, 0.2) is 0 Å². The van der Waals surface area contributed by atoms with Crippen molar-refractivity contribution in [2.45, 2.75) is 6.92 Å². The number of anilines is 1. The Kier molecular flexibility index (Phi) is 4.12. The summed E-state index contributed by atoms with van der Waals surface area (Å²) in [4.78, 5) is 17.2. The molecule has 0 saturated carbocycles. The Morgan fingerprint density at radius 1 is 1.15 bits per heavy atom. The zero-order valence-corrected chi connectivity index (χ0v) is 15.3. The van der Waals surface area contributed by atoms with E-state index in [0.717, 1.165) is 22.5 Å². The molecule has 0 unspecified atom stereocenters. The van der Waals surface area contributed by atoms with Crippen LogP contribution in [0.2, 0.25) is 0 Å². The lowest BCUT2D eigenvalue weighted by atomic mass is 10.1. The molecular weight excluding hydrogens is 342 g/mol. The summed E-state index contributed by atoms with van der Waals surface area (Å²) in [5.41, 5.74) is 5.01. The third-order valence-electron chi connectivity index (χ3n) is 4.35. The smallest absolute Gasteiger partial charge is 0.262 e. The standard InChI is InChI=1S/C20H19N5O2/c1-13-5-4-10-25-12-17(22-18(13)25)14-6-8-15(9-7-14)21-19(26)16-11-24(2)23-20(16)27-3/h4-12H,1-3H3,(H,21,26). The molecule has 7 nitrogen and oxygen atoms in total. The zero-order chi connectivity index (χ0) is 19.0. The predicted octanol–water partition coefficient (Wildman–Crippen LogP) is 3.30. The van der Waals surface area contributed by atoms with E-state index in [1.165, 1.54) is 7.11 Å². The van der Waals surface area contributed by atoms with Crippen LogP contribution in [0.3, 0.4) is 0 Å². The number of carbonyl (C=O) groups is 1. The summed E-state index contributed by atoms with van der Waals surface area (Å²) in [6.45, 7) is 2.04. The maximum atomic E-state index is 12.5. The first-order chi connectivity index (χ1) is 13.0. The predicted molar refractivity (Wildman–Crippen MR) is 103 cm³/mol. The summed E-state index contributed by atoms with van der Waals surface area (Å²) in [7, 11) is 3.23. The number of hydrogen-bond donors (Lipinski definition) is 1. The van der Waals surface area contributed by atoms with Crippen molar-refractivity contribution in [2.24, 2.45) is 7.05 Å². The van der Waals surface area contributed by atoms with Crippen LogP contribution >= 0.6 is 0 Å². The maximum Gasteiger partial charge on any atom is 0.262 e. The number of amides is 1. The summed E-state index contributed by atoms with van der Waals surface area (Å²) in [6.07, 6.45) is 5.60. The number of fused-ring (bicyclic) bond motifs is 1. The van der Waals surface area contributed by atoms with Gasteiger partial charge >= 0.3 is 0 Å². The fourth-order valence-corrected chi connectivity index (χ4v) is 2.99. The first-order valence-electron chi connectivity index (χ1n) is 8.49. The topological polar surface area (TPSA) is 73.5 Å². The third kappa shape index (κ3) is 3.15. The highest BCUT2D eigenvalue weighted by Gasteiger charge is 2.16. The summed E-state index contributed by atoms with van der Waals surface area (Å²) < 4.78 is 8.69. The number of aromatic nitrogens is 4. The minimum atomic E-state index is -0.268. The largest absolute Gasteiger partial charge is 0.479 e. The van der Waals surface area contributed by atoms with Crippen molar-refractivity contribution in [1.82, 2.24) is 19.2 Å². The molecule has 3 aromatic heterocycles. The first-order valence-corrected chi connectivity index (χ1v) is 8.49. The Morgan fingerprint density at radius 3 is 2.63 bits per heavy atom. The van der Waals surface area contributed by atoms with E-state index in [9.17, 15) is 4.79 Å².